The van der Waals surface area contributed by atoms with Gasteiger partial charge in [-0.25, -0.2) is 4.39 Å². The zero-order valence-electron chi connectivity index (χ0n) is 13.5. The Morgan fingerprint density at radius 3 is 2.44 bits per heavy atom. The van der Waals surface area contributed by atoms with Crippen LogP contribution in [-0.4, -0.2) is 12.3 Å². The number of alkyl halides is 3. The van der Waals surface area contributed by atoms with E-state index in [-0.39, 0.29) is 11.7 Å². The zero-order chi connectivity index (χ0) is 18.6. The number of esters is 1. The Balaban J connectivity index is 2.11. The van der Waals surface area contributed by atoms with E-state index in [1.54, 1.807) is 0 Å². The Morgan fingerprint density at radius 2 is 1.92 bits per heavy atom. The quantitative estimate of drug-likeness (QED) is 0.443. The standard InChI is InChI=1S/C17H17F4NO3/c1-2-10-3-5-11(6-4-10)16(23)24-13-7-12(9-22)15(14(18)8-13)25-17(19,20)21/h7-8,10-11H,2-6H2,1H3/t10-,11-. The highest BCUT2D eigenvalue weighted by Crippen LogP contribution is 2.34. The molecule has 1 aromatic carbocycles. The predicted octanol–water partition coefficient (Wildman–Crippen LogP) is 4.72. The first-order valence-electron chi connectivity index (χ1n) is 7.94. The average molecular weight is 359 g/mol. The van der Waals surface area contributed by atoms with E-state index in [0.29, 0.717) is 24.8 Å². The van der Waals surface area contributed by atoms with Gasteiger partial charge in [0.15, 0.2) is 11.6 Å². The van der Waals surface area contributed by atoms with Gasteiger partial charge < -0.3 is 9.47 Å². The topological polar surface area (TPSA) is 59.3 Å². The Morgan fingerprint density at radius 1 is 1.28 bits per heavy atom. The van der Waals surface area contributed by atoms with Crippen LogP contribution in [0, 0.1) is 29.0 Å². The normalized spacial score (nSPS) is 20.6. The van der Waals surface area contributed by atoms with Gasteiger partial charge in [-0.15, -0.1) is 13.2 Å². The molecule has 2 rings (SSSR count). The summed E-state index contributed by atoms with van der Waals surface area (Å²) in [6, 6.07) is 2.88. The minimum Gasteiger partial charge on any atom is -0.426 e. The van der Waals surface area contributed by atoms with Crippen LogP contribution in [0.4, 0.5) is 17.6 Å². The monoisotopic (exact) mass is 359 g/mol. The molecule has 136 valence electrons. The van der Waals surface area contributed by atoms with Crippen molar-refractivity contribution in [1.29, 1.82) is 5.26 Å². The van der Waals surface area contributed by atoms with Crippen molar-refractivity contribution in [2.45, 2.75) is 45.4 Å². The molecule has 0 radical (unpaired) electrons. The number of hydrogen-bond acceptors (Lipinski definition) is 4. The third-order valence-corrected chi connectivity index (χ3v) is 4.33. The molecule has 0 unspecified atom stereocenters. The number of hydrogen-bond donors (Lipinski definition) is 0. The lowest BCUT2D eigenvalue weighted by Gasteiger charge is -2.26. The summed E-state index contributed by atoms with van der Waals surface area (Å²) >= 11 is 0. The maximum absolute atomic E-state index is 13.9. The first kappa shape index (κ1) is 19.0. The largest absolute Gasteiger partial charge is 0.573 e. The predicted molar refractivity (Wildman–Crippen MR) is 79.2 cm³/mol. The maximum atomic E-state index is 13.9. The fourth-order valence-electron chi connectivity index (χ4n) is 2.94. The number of nitriles is 1. The van der Waals surface area contributed by atoms with E-state index < -0.39 is 29.5 Å². The van der Waals surface area contributed by atoms with E-state index in [1.807, 2.05) is 0 Å². The second kappa shape index (κ2) is 7.72. The number of ether oxygens (including phenoxy) is 2. The van der Waals surface area contributed by atoms with Crippen molar-refractivity contribution < 1.29 is 31.8 Å². The van der Waals surface area contributed by atoms with Crippen molar-refractivity contribution in [3.63, 3.8) is 0 Å². The number of halogens is 4. The lowest BCUT2D eigenvalue weighted by Crippen LogP contribution is -2.25. The summed E-state index contributed by atoms with van der Waals surface area (Å²) in [5.74, 6) is -3.30. The van der Waals surface area contributed by atoms with Crippen LogP contribution >= 0.6 is 0 Å². The van der Waals surface area contributed by atoms with Gasteiger partial charge in [0.1, 0.15) is 17.4 Å². The van der Waals surface area contributed by atoms with Gasteiger partial charge in [0.2, 0.25) is 0 Å². The van der Waals surface area contributed by atoms with Gasteiger partial charge in [0.05, 0.1) is 5.92 Å². The summed E-state index contributed by atoms with van der Waals surface area (Å²) in [5, 5.41) is 8.90. The molecule has 0 aliphatic heterocycles. The Hall–Kier alpha value is -2.30. The van der Waals surface area contributed by atoms with Crippen LogP contribution < -0.4 is 9.47 Å². The summed E-state index contributed by atoms with van der Waals surface area (Å²) in [7, 11) is 0. The van der Waals surface area contributed by atoms with Crippen LogP contribution in [-0.2, 0) is 4.79 Å². The molecule has 0 N–H and O–H groups in total. The molecule has 8 heteroatoms. The summed E-state index contributed by atoms with van der Waals surface area (Å²) in [6.07, 6.45) is -0.999. The molecule has 1 saturated carbocycles. The summed E-state index contributed by atoms with van der Waals surface area (Å²) in [4.78, 5) is 12.1. The zero-order valence-corrected chi connectivity index (χ0v) is 13.5. The van der Waals surface area contributed by atoms with Crippen LogP contribution in [0.5, 0.6) is 11.5 Å². The van der Waals surface area contributed by atoms with Gasteiger partial charge in [0.25, 0.3) is 0 Å². The number of benzene rings is 1. The molecule has 0 bridgehead atoms. The lowest BCUT2D eigenvalue weighted by atomic mass is 9.81. The van der Waals surface area contributed by atoms with Crippen LogP contribution in [0.25, 0.3) is 0 Å². The first-order valence-corrected chi connectivity index (χ1v) is 7.94. The summed E-state index contributed by atoms with van der Waals surface area (Å²) < 4.78 is 59.2. The van der Waals surface area contributed by atoms with E-state index in [1.165, 1.54) is 6.07 Å². The first-order chi connectivity index (χ1) is 11.7. The number of carbonyl (C=O) groups is 1. The highest BCUT2D eigenvalue weighted by molar-refractivity contribution is 5.75. The molecule has 0 saturated heterocycles. The fraction of sp³-hybridized carbons (Fsp3) is 0.529. The second-order valence-electron chi connectivity index (χ2n) is 5.99. The van der Waals surface area contributed by atoms with Crippen LogP contribution in [0.1, 0.15) is 44.6 Å². The highest BCUT2D eigenvalue weighted by atomic mass is 19.4. The molecule has 4 nitrogen and oxygen atoms in total. The van der Waals surface area contributed by atoms with E-state index in [2.05, 4.69) is 11.7 Å². The van der Waals surface area contributed by atoms with E-state index >= 15 is 0 Å². The Bertz CT molecular complexity index is 674. The Labute approximate surface area is 142 Å². The smallest absolute Gasteiger partial charge is 0.426 e. The van der Waals surface area contributed by atoms with Gasteiger partial charge in [0, 0.05) is 12.1 Å². The molecule has 0 aromatic heterocycles. The summed E-state index contributed by atoms with van der Waals surface area (Å²) in [5.41, 5.74) is -0.699. The fourth-order valence-corrected chi connectivity index (χ4v) is 2.94. The lowest BCUT2D eigenvalue weighted by molar-refractivity contribution is -0.275. The van der Waals surface area contributed by atoms with Gasteiger partial charge in [-0.05, 0) is 31.6 Å². The van der Waals surface area contributed by atoms with Crippen molar-refractivity contribution in [1.82, 2.24) is 0 Å². The van der Waals surface area contributed by atoms with Gasteiger partial charge in [-0.1, -0.05) is 13.3 Å². The molecule has 25 heavy (non-hydrogen) atoms. The second-order valence-corrected chi connectivity index (χ2v) is 5.99. The average Bonchev–Trinajstić information content (AvgIpc) is 2.56. The number of nitrogens with zero attached hydrogens (tertiary/aromatic N) is 1. The van der Waals surface area contributed by atoms with E-state index in [9.17, 15) is 22.4 Å². The van der Waals surface area contributed by atoms with Crippen LogP contribution in [0.2, 0.25) is 0 Å². The van der Waals surface area contributed by atoms with E-state index in [0.717, 1.165) is 25.3 Å². The number of rotatable bonds is 4. The third-order valence-electron chi connectivity index (χ3n) is 4.33. The minimum atomic E-state index is -5.14. The highest BCUT2D eigenvalue weighted by Gasteiger charge is 2.34. The molecule has 1 aromatic rings. The molecular weight excluding hydrogens is 342 g/mol. The summed E-state index contributed by atoms with van der Waals surface area (Å²) in [6.45, 7) is 2.08. The maximum Gasteiger partial charge on any atom is 0.573 e. The Kier molecular flexibility index (Phi) is 5.88. The van der Waals surface area contributed by atoms with Crippen LogP contribution in [0.3, 0.4) is 0 Å². The molecular formula is C17H17F4NO3. The van der Waals surface area contributed by atoms with Crippen LogP contribution in [0.15, 0.2) is 12.1 Å². The molecule has 0 amide bonds. The van der Waals surface area contributed by atoms with Gasteiger partial charge in [-0.2, -0.15) is 5.26 Å². The van der Waals surface area contributed by atoms with E-state index in [4.69, 9.17) is 10.00 Å². The minimum absolute atomic E-state index is 0.314. The van der Waals surface area contributed by atoms with Crippen molar-refractivity contribution in [2.24, 2.45) is 11.8 Å². The molecule has 0 heterocycles. The molecule has 0 atom stereocenters. The van der Waals surface area contributed by atoms with Crippen molar-refractivity contribution >= 4 is 5.97 Å². The third kappa shape index (κ3) is 5.08. The molecule has 1 aliphatic rings. The molecule has 1 aliphatic carbocycles. The van der Waals surface area contributed by atoms with Crippen molar-refractivity contribution in [3.8, 4) is 17.6 Å². The molecule has 1 fully saturated rings. The van der Waals surface area contributed by atoms with Gasteiger partial charge >= 0.3 is 12.3 Å². The molecule has 0 spiro atoms. The van der Waals surface area contributed by atoms with Crippen molar-refractivity contribution in [2.75, 3.05) is 0 Å². The SMILES string of the molecule is CC[C@H]1CC[C@H](C(=O)Oc2cc(F)c(OC(F)(F)F)c(C#N)c2)CC1. The van der Waals surface area contributed by atoms with Gasteiger partial charge in [-0.3, -0.25) is 4.79 Å². The number of carbonyl (C=O) groups excluding carboxylic acids is 1. The van der Waals surface area contributed by atoms with Crippen molar-refractivity contribution in [3.05, 3.63) is 23.5 Å².